The number of unbranched alkanes of at least 4 members (excludes halogenated alkanes) is 1. The maximum Gasteiger partial charge on any atom is 0 e. The molecule has 0 nitrogen and oxygen atoms in total. The number of rotatable bonds is 1. The van der Waals surface area contributed by atoms with Crippen molar-refractivity contribution in [3.05, 3.63) is 0 Å². The predicted octanol–water partition coefficient (Wildman–Crippen LogP) is 1.80. The topological polar surface area (TPSA) is 0 Å². The first-order chi connectivity index (χ1) is 1.91. The molecule has 5 heavy (non-hydrogen) atoms. The van der Waals surface area contributed by atoms with Crippen LogP contribution in [0.3, 0.4) is 0 Å². The van der Waals surface area contributed by atoms with Crippen molar-refractivity contribution in [3.63, 3.8) is 0 Å². The summed E-state index contributed by atoms with van der Waals surface area (Å²) >= 11 is 0. The van der Waals surface area contributed by atoms with E-state index < -0.39 is 0 Å². The minimum absolute atomic E-state index is 0. The van der Waals surface area contributed by atoms with Gasteiger partial charge in [0, 0.05) is 32.7 Å². The first-order valence-electron chi connectivity index (χ1n) is 1.91. The van der Waals surface area contributed by atoms with E-state index in [1.807, 2.05) is 0 Å². The SMILES string of the molecule is CCCC.[Y]. The molecule has 0 aromatic rings. The van der Waals surface area contributed by atoms with Crippen LogP contribution in [0.4, 0.5) is 0 Å². The third-order valence-electron chi connectivity index (χ3n) is 0.500. The van der Waals surface area contributed by atoms with Gasteiger partial charge in [-0.25, -0.2) is 0 Å². The summed E-state index contributed by atoms with van der Waals surface area (Å²) in [7, 11) is 0. The molecule has 0 unspecified atom stereocenters. The van der Waals surface area contributed by atoms with E-state index in [1.54, 1.807) is 0 Å². The summed E-state index contributed by atoms with van der Waals surface area (Å²) in [5.74, 6) is 0. The smallest absolute Gasteiger partial charge is 0 e. The largest absolute Gasteiger partial charge is 0.0654 e. The van der Waals surface area contributed by atoms with Gasteiger partial charge in [0.1, 0.15) is 0 Å². The summed E-state index contributed by atoms with van der Waals surface area (Å²) in [6.45, 7) is 4.36. The zero-order valence-corrected chi connectivity index (χ0v) is 6.83. The van der Waals surface area contributed by atoms with Gasteiger partial charge in [-0.05, 0) is 0 Å². The summed E-state index contributed by atoms with van der Waals surface area (Å²) in [6, 6.07) is 0. The van der Waals surface area contributed by atoms with Gasteiger partial charge >= 0.3 is 0 Å². The zero-order chi connectivity index (χ0) is 3.41. The predicted molar refractivity (Wildman–Crippen MR) is 20.6 cm³/mol. The van der Waals surface area contributed by atoms with E-state index in [9.17, 15) is 0 Å². The molecule has 0 N–H and O–H groups in total. The van der Waals surface area contributed by atoms with Crippen molar-refractivity contribution in [1.82, 2.24) is 0 Å². The van der Waals surface area contributed by atoms with Crippen LogP contribution in [0.1, 0.15) is 26.7 Å². The van der Waals surface area contributed by atoms with Crippen LogP contribution in [0.15, 0.2) is 0 Å². The van der Waals surface area contributed by atoms with Crippen LogP contribution in [0.2, 0.25) is 0 Å². The molecular weight excluding hydrogens is 137 g/mol. The van der Waals surface area contributed by atoms with Crippen LogP contribution in [-0.4, -0.2) is 0 Å². The standard InChI is InChI=1S/C4H10.Y/c1-3-4-2;/h3-4H2,1-2H3;. The van der Waals surface area contributed by atoms with E-state index in [2.05, 4.69) is 13.8 Å². The Morgan fingerprint density at radius 2 is 1.20 bits per heavy atom. The molecule has 0 saturated carbocycles. The zero-order valence-electron chi connectivity index (χ0n) is 3.99. The van der Waals surface area contributed by atoms with Gasteiger partial charge in [-0.15, -0.1) is 0 Å². The van der Waals surface area contributed by atoms with Crippen molar-refractivity contribution in [3.8, 4) is 0 Å². The van der Waals surface area contributed by atoms with E-state index in [0.29, 0.717) is 0 Å². The van der Waals surface area contributed by atoms with E-state index in [1.165, 1.54) is 12.8 Å². The van der Waals surface area contributed by atoms with Crippen molar-refractivity contribution in [2.45, 2.75) is 26.7 Å². The third-order valence-corrected chi connectivity index (χ3v) is 0.500. The van der Waals surface area contributed by atoms with E-state index in [-0.39, 0.29) is 32.7 Å². The molecule has 0 aromatic carbocycles. The summed E-state index contributed by atoms with van der Waals surface area (Å²) < 4.78 is 0. The summed E-state index contributed by atoms with van der Waals surface area (Å²) in [6.07, 6.45) is 2.64. The van der Waals surface area contributed by atoms with Crippen molar-refractivity contribution < 1.29 is 32.7 Å². The van der Waals surface area contributed by atoms with Gasteiger partial charge in [0.25, 0.3) is 0 Å². The van der Waals surface area contributed by atoms with Crippen LogP contribution in [0.25, 0.3) is 0 Å². The summed E-state index contributed by atoms with van der Waals surface area (Å²) in [5.41, 5.74) is 0. The Morgan fingerprint density at radius 3 is 1.20 bits per heavy atom. The molecule has 0 atom stereocenters. The quantitative estimate of drug-likeness (QED) is 0.530. The average Bonchev–Trinajstić information content (AvgIpc) is 1.37. The molecule has 0 fully saturated rings. The Hall–Kier alpha value is 1.10. The molecule has 0 rings (SSSR count). The molecule has 29 valence electrons. The van der Waals surface area contributed by atoms with Crippen LogP contribution in [0, 0.1) is 0 Å². The number of hydrogen-bond donors (Lipinski definition) is 0. The Bertz CT molecular complexity index is 5.61. The molecule has 0 amide bonds. The van der Waals surface area contributed by atoms with Crippen molar-refractivity contribution >= 4 is 0 Å². The van der Waals surface area contributed by atoms with Gasteiger partial charge in [0.15, 0.2) is 0 Å². The van der Waals surface area contributed by atoms with Gasteiger partial charge in [-0.3, -0.25) is 0 Å². The monoisotopic (exact) mass is 147 g/mol. The Morgan fingerprint density at radius 1 is 1.00 bits per heavy atom. The molecule has 0 aromatic heterocycles. The van der Waals surface area contributed by atoms with E-state index in [0.717, 1.165) is 0 Å². The normalized spacial score (nSPS) is 6.00. The van der Waals surface area contributed by atoms with Gasteiger partial charge in [0.05, 0.1) is 0 Å². The first kappa shape index (κ1) is 9.44. The van der Waals surface area contributed by atoms with Gasteiger partial charge < -0.3 is 0 Å². The fourth-order valence-corrected chi connectivity index (χ4v) is 0. The van der Waals surface area contributed by atoms with Gasteiger partial charge in [0.2, 0.25) is 0 Å². The van der Waals surface area contributed by atoms with Gasteiger partial charge in [-0.1, -0.05) is 26.7 Å². The Balaban J connectivity index is 0. The van der Waals surface area contributed by atoms with Crippen LogP contribution < -0.4 is 0 Å². The average molecular weight is 147 g/mol. The second-order valence-electron chi connectivity index (χ2n) is 1.000. The third kappa shape index (κ3) is 11.1. The van der Waals surface area contributed by atoms with Crippen molar-refractivity contribution in [1.29, 1.82) is 0 Å². The molecule has 0 aliphatic carbocycles. The maximum atomic E-state index is 2.18. The molecule has 1 radical (unpaired) electrons. The fourth-order valence-electron chi connectivity index (χ4n) is 0. The molecule has 1 heteroatoms. The van der Waals surface area contributed by atoms with Gasteiger partial charge in [-0.2, -0.15) is 0 Å². The molecular formula is C4H10Y. The second-order valence-corrected chi connectivity index (χ2v) is 1.000. The minimum Gasteiger partial charge on any atom is -0.0654 e. The molecule has 0 aliphatic rings. The molecule has 0 bridgehead atoms. The summed E-state index contributed by atoms with van der Waals surface area (Å²) in [5, 5.41) is 0. The molecule has 0 aliphatic heterocycles. The fraction of sp³-hybridized carbons (Fsp3) is 1.00. The molecule has 0 spiro atoms. The minimum atomic E-state index is 0. The Kier molecular flexibility index (Phi) is 16.8. The number of hydrogen-bond acceptors (Lipinski definition) is 0. The summed E-state index contributed by atoms with van der Waals surface area (Å²) in [4.78, 5) is 0. The molecule has 0 heterocycles. The van der Waals surface area contributed by atoms with Crippen LogP contribution in [-0.2, 0) is 32.7 Å². The van der Waals surface area contributed by atoms with E-state index in [4.69, 9.17) is 0 Å². The molecule has 0 saturated heterocycles. The van der Waals surface area contributed by atoms with Crippen molar-refractivity contribution in [2.75, 3.05) is 0 Å². The Labute approximate surface area is 59.2 Å². The second kappa shape index (κ2) is 8.92. The van der Waals surface area contributed by atoms with Crippen molar-refractivity contribution in [2.24, 2.45) is 0 Å². The maximum absolute atomic E-state index is 2.18. The van der Waals surface area contributed by atoms with Crippen LogP contribution in [0.5, 0.6) is 0 Å². The van der Waals surface area contributed by atoms with Crippen LogP contribution >= 0.6 is 0 Å². The van der Waals surface area contributed by atoms with E-state index >= 15 is 0 Å². The first-order valence-corrected chi connectivity index (χ1v) is 1.91.